The standard InChI is InChI=1S/C27H20O2/c1-27(2)21-11-4-6-13-24(21)28-25-15-14-17(16-22(25)27)18-9-7-10-20-19-8-3-5-12-23(19)29-26(18)20/h3-16H,1-2H3. The van der Waals surface area contributed by atoms with Crippen LogP contribution in [0.1, 0.15) is 25.0 Å². The highest BCUT2D eigenvalue weighted by molar-refractivity contribution is 6.09. The molecule has 0 saturated carbocycles. The van der Waals surface area contributed by atoms with Gasteiger partial charge in [-0.1, -0.05) is 74.5 Å². The molecule has 0 amide bonds. The van der Waals surface area contributed by atoms with E-state index >= 15 is 0 Å². The van der Waals surface area contributed by atoms with Crippen LogP contribution in [0.4, 0.5) is 0 Å². The lowest BCUT2D eigenvalue weighted by molar-refractivity contribution is 0.418. The van der Waals surface area contributed by atoms with E-state index in [0.717, 1.165) is 44.6 Å². The van der Waals surface area contributed by atoms with Gasteiger partial charge >= 0.3 is 0 Å². The van der Waals surface area contributed by atoms with Crippen LogP contribution in [0.25, 0.3) is 33.1 Å². The van der Waals surface area contributed by atoms with Crippen LogP contribution in [-0.4, -0.2) is 0 Å². The van der Waals surface area contributed by atoms with Gasteiger partial charge in [-0.25, -0.2) is 0 Å². The molecule has 0 saturated heterocycles. The molecule has 0 aliphatic carbocycles. The summed E-state index contributed by atoms with van der Waals surface area (Å²) in [6.07, 6.45) is 0. The van der Waals surface area contributed by atoms with E-state index in [-0.39, 0.29) is 5.41 Å². The summed E-state index contributed by atoms with van der Waals surface area (Å²) >= 11 is 0. The van der Waals surface area contributed by atoms with E-state index < -0.39 is 0 Å². The van der Waals surface area contributed by atoms with Crippen LogP contribution >= 0.6 is 0 Å². The van der Waals surface area contributed by atoms with Gasteiger partial charge in [0.15, 0.2) is 0 Å². The minimum atomic E-state index is -0.137. The maximum atomic E-state index is 6.26. The number of rotatable bonds is 1. The number of furan rings is 1. The van der Waals surface area contributed by atoms with Gasteiger partial charge < -0.3 is 9.15 Å². The molecule has 1 aliphatic rings. The second-order valence-electron chi connectivity index (χ2n) is 8.21. The van der Waals surface area contributed by atoms with Crippen LogP contribution in [0.5, 0.6) is 11.5 Å². The predicted octanol–water partition coefficient (Wildman–Crippen LogP) is 7.68. The fourth-order valence-corrected chi connectivity index (χ4v) is 4.58. The second-order valence-corrected chi connectivity index (χ2v) is 8.21. The maximum absolute atomic E-state index is 6.26. The summed E-state index contributed by atoms with van der Waals surface area (Å²) in [4.78, 5) is 0. The largest absolute Gasteiger partial charge is 0.457 e. The Balaban J connectivity index is 1.58. The highest BCUT2D eigenvalue weighted by Gasteiger charge is 2.34. The van der Waals surface area contributed by atoms with E-state index in [4.69, 9.17) is 9.15 Å². The molecule has 0 unspecified atom stereocenters. The van der Waals surface area contributed by atoms with Gasteiger partial charge in [0.2, 0.25) is 0 Å². The highest BCUT2D eigenvalue weighted by Crippen LogP contribution is 2.49. The van der Waals surface area contributed by atoms with E-state index in [2.05, 4.69) is 74.5 Å². The third kappa shape index (κ3) is 2.29. The van der Waals surface area contributed by atoms with Gasteiger partial charge in [0.25, 0.3) is 0 Å². The minimum Gasteiger partial charge on any atom is -0.457 e. The second kappa shape index (κ2) is 5.74. The molecular weight excluding hydrogens is 356 g/mol. The monoisotopic (exact) mass is 376 g/mol. The Hall–Kier alpha value is -3.52. The summed E-state index contributed by atoms with van der Waals surface area (Å²) in [5.74, 6) is 1.87. The topological polar surface area (TPSA) is 22.4 Å². The third-order valence-corrected chi connectivity index (χ3v) is 6.15. The van der Waals surface area contributed by atoms with E-state index in [9.17, 15) is 0 Å². The van der Waals surface area contributed by atoms with Crippen molar-refractivity contribution in [2.45, 2.75) is 19.3 Å². The van der Waals surface area contributed by atoms with Crippen LogP contribution in [0.3, 0.4) is 0 Å². The molecule has 0 N–H and O–H groups in total. The molecule has 29 heavy (non-hydrogen) atoms. The summed E-state index contributed by atoms with van der Waals surface area (Å²) in [5, 5.41) is 2.30. The summed E-state index contributed by atoms with van der Waals surface area (Å²) in [7, 11) is 0. The Morgan fingerprint density at radius 2 is 1.41 bits per heavy atom. The number of para-hydroxylation sites is 3. The molecule has 1 aromatic heterocycles. The number of hydrogen-bond acceptors (Lipinski definition) is 2. The number of benzene rings is 4. The Bertz CT molecular complexity index is 1410. The smallest absolute Gasteiger partial charge is 0.143 e. The SMILES string of the molecule is CC1(C)c2ccccc2Oc2ccc(-c3cccc4c3oc3ccccc34)cc21. The van der Waals surface area contributed by atoms with Crippen molar-refractivity contribution >= 4 is 21.9 Å². The number of fused-ring (bicyclic) bond motifs is 5. The molecule has 2 heterocycles. The van der Waals surface area contributed by atoms with Crippen LogP contribution in [0.2, 0.25) is 0 Å². The lowest BCUT2D eigenvalue weighted by atomic mass is 9.75. The molecule has 1 aliphatic heterocycles. The first kappa shape index (κ1) is 16.4. The Kier molecular flexibility index (Phi) is 3.25. The van der Waals surface area contributed by atoms with Gasteiger partial charge in [0.1, 0.15) is 22.7 Å². The van der Waals surface area contributed by atoms with Crippen LogP contribution in [-0.2, 0) is 5.41 Å². The highest BCUT2D eigenvalue weighted by atomic mass is 16.5. The molecular formula is C27H20O2. The summed E-state index contributed by atoms with van der Waals surface area (Å²) < 4.78 is 12.5. The molecule has 0 atom stereocenters. The molecule has 5 aromatic rings. The average Bonchev–Trinajstić information content (AvgIpc) is 3.13. The quantitative estimate of drug-likeness (QED) is 0.299. The van der Waals surface area contributed by atoms with Crippen molar-refractivity contribution in [3.63, 3.8) is 0 Å². The fraction of sp³-hybridized carbons (Fsp3) is 0.111. The molecule has 0 fully saturated rings. The molecule has 4 aromatic carbocycles. The summed E-state index contributed by atoms with van der Waals surface area (Å²) in [6, 6.07) is 29.4. The maximum Gasteiger partial charge on any atom is 0.143 e. The van der Waals surface area contributed by atoms with Crippen molar-refractivity contribution in [3.8, 4) is 22.6 Å². The molecule has 0 spiro atoms. The molecule has 2 heteroatoms. The average molecular weight is 376 g/mol. The van der Waals surface area contributed by atoms with Crippen molar-refractivity contribution in [1.29, 1.82) is 0 Å². The Morgan fingerprint density at radius 3 is 2.34 bits per heavy atom. The van der Waals surface area contributed by atoms with Gasteiger partial charge in [-0.15, -0.1) is 0 Å². The van der Waals surface area contributed by atoms with E-state index in [1.165, 1.54) is 11.1 Å². The van der Waals surface area contributed by atoms with Crippen LogP contribution in [0.15, 0.2) is 89.3 Å². The first-order chi connectivity index (χ1) is 14.1. The zero-order valence-electron chi connectivity index (χ0n) is 16.4. The third-order valence-electron chi connectivity index (χ3n) is 6.15. The molecule has 0 bridgehead atoms. The van der Waals surface area contributed by atoms with Crippen molar-refractivity contribution in [3.05, 3.63) is 96.1 Å². The number of hydrogen-bond donors (Lipinski definition) is 0. The van der Waals surface area contributed by atoms with Crippen molar-refractivity contribution in [2.24, 2.45) is 0 Å². The van der Waals surface area contributed by atoms with E-state index in [1.807, 2.05) is 24.3 Å². The Labute approximate surface area is 169 Å². The van der Waals surface area contributed by atoms with E-state index in [1.54, 1.807) is 0 Å². The van der Waals surface area contributed by atoms with Gasteiger partial charge in [-0.3, -0.25) is 0 Å². The van der Waals surface area contributed by atoms with Gasteiger partial charge in [0.05, 0.1) is 0 Å². The first-order valence-corrected chi connectivity index (χ1v) is 9.95. The molecule has 0 radical (unpaired) electrons. The normalized spacial score (nSPS) is 14.4. The fourth-order valence-electron chi connectivity index (χ4n) is 4.58. The minimum absolute atomic E-state index is 0.137. The van der Waals surface area contributed by atoms with Crippen molar-refractivity contribution < 1.29 is 9.15 Å². The summed E-state index contributed by atoms with van der Waals surface area (Å²) in [5.41, 5.74) is 6.38. The zero-order chi connectivity index (χ0) is 19.6. The zero-order valence-corrected chi connectivity index (χ0v) is 16.4. The lowest BCUT2D eigenvalue weighted by Crippen LogP contribution is -2.24. The van der Waals surface area contributed by atoms with Crippen molar-refractivity contribution in [2.75, 3.05) is 0 Å². The van der Waals surface area contributed by atoms with Gasteiger partial charge in [-0.2, -0.15) is 0 Å². The predicted molar refractivity (Wildman–Crippen MR) is 118 cm³/mol. The van der Waals surface area contributed by atoms with E-state index in [0.29, 0.717) is 0 Å². The van der Waals surface area contributed by atoms with Gasteiger partial charge in [-0.05, 0) is 29.8 Å². The van der Waals surface area contributed by atoms with Gasteiger partial charge in [0, 0.05) is 32.9 Å². The molecule has 140 valence electrons. The number of ether oxygens (including phenoxy) is 1. The molecule has 6 rings (SSSR count). The van der Waals surface area contributed by atoms with Crippen LogP contribution < -0.4 is 4.74 Å². The molecule has 2 nitrogen and oxygen atoms in total. The lowest BCUT2D eigenvalue weighted by Gasteiger charge is -2.34. The van der Waals surface area contributed by atoms with Crippen LogP contribution in [0, 0.1) is 0 Å². The van der Waals surface area contributed by atoms with Crippen molar-refractivity contribution in [1.82, 2.24) is 0 Å². The first-order valence-electron chi connectivity index (χ1n) is 9.95. The summed E-state index contributed by atoms with van der Waals surface area (Å²) in [6.45, 7) is 4.53. The Morgan fingerprint density at radius 1 is 0.655 bits per heavy atom.